The second-order valence-corrected chi connectivity index (χ2v) is 3.76. The summed E-state index contributed by atoms with van der Waals surface area (Å²) >= 11 is 0. The van der Waals surface area contributed by atoms with Crippen LogP contribution in [0.25, 0.3) is 11.1 Å². The van der Waals surface area contributed by atoms with E-state index in [1.807, 2.05) is 43.3 Å². The molecule has 2 rings (SSSR count). The maximum Gasteiger partial charge on any atom is 0.0991 e. The summed E-state index contributed by atoms with van der Waals surface area (Å²) in [6.45, 7) is 1.98. The highest BCUT2D eigenvalue weighted by Gasteiger charge is 2.01. The van der Waals surface area contributed by atoms with Gasteiger partial charge in [0.05, 0.1) is 11.6 Å². The molecule has 0 aliphatic carbocycles. The Balaban J connectivity index is 2.51. The summed E-state index contributed by atoms with van der Waals surface area (Å²) in [6.07, 6.45) is 0. The van der Waals surface area contributed by atoms with E-state index in [1.54, 1.807) is 6.07 Å². The number of nitriles is 1. The molecule has 0 fully saturated rings. The highest BCUT2D eigenvalue weighted by molar-refractivity contribution is 5.69. The molecule has 0 saturated heterocycles. The molecule has 0 amide bonds. The summed E-state index contributed by atoms with van der Waals surface area (Å²) in [6, 6.07) is 15.6. The van der Waals surface area contributed by atoms with Gasteiger partial charge in [0.1, 0.15) is 0 Å². The number of nitrogens with zero attached hydrogens (tertiary/aromatic N) is 1. The van der Waals surface area contributed by atoms with Crippen LogP contribution in [0.1, 0.15) is 11.1 Å². The van der Waals surface area contributed by atoms with Crippen molar-refractivity contribution in [3.8, 4) is 17.2 Å². The largest absolute Gasteiger partial charge is 0.398 e. The van der Waals surface area contributed by atoms with Crippen molar-refractivity contribution in [1.29, 1.82) is 5.26 Å². The van der Waals surface area contributed by atoms with Crippen LogP contribution >= 0.6 is 0 Å². The van der Waals surface area contributed by atoms with E-state index in [0.29, 0.717) is 5.56 Å². The van der Waals surface area contributed by atoms with Gasteiger partial charge in [-0.2, -0.15) is 5.26 Å². The molecule has 2 N–H and O–H groups in total. The van der Waals surface area contributed by atoms with Crippen LogP contribution in [0.2, 0.25) is 0 Å². The number of benzene rings is 2. The second kappa shape index (κ2) is 4.08. The van der Waals surface area contributed by atoms with E-state index in [-0.39, 0.29) is 0 Å². The molecule has 0 saturated carbocycles. The molecule has 2 aromatic rings. The molecule has 0 bridgehead atoms. The van der Waals surface area contributed by atoms with Gasteiger partial charge in [-0.15, -0.1) is 0 Å². The smallest absolute Gasteiger partial charge is 0.0991 e. The molecule has 2 aromatic carbocycles. The van der Waals surface area contributed by atoms with Crippen LogP contribution in [0.15, 0.2) is 42.5 Å². The zero-order valence-corrected chi connectivity index (χ0v) is 9.07. The molecule has 0 radical (unpaired) electrons. The number of hydrogen-bond donors (Lipinski definition) is 1. The van der Waals surface area contributed by atoms with Gasteiger partial charge >= 0.3 is 0 Å². The number of hydrogen-bond acceptors (Lipinski definition) is 2. The summed E-state index contributed by atoms with van der Waals surface area (Å²) in [5.74, 6) is 0. The number of nitrogen functional groups attached to an aromatic ring is 1. The van der Waals surface area contributed by atoms with Gasteiger partial charge in [0.2, 0.25) is 0 Å². The fourth-order valence-corrected chi connectivity index (χ4v) is 1.59. The molecular weight excluding hydrogens is 196 g/mol. The summed E-state index contributed by atoms with van der Waals surface area (Å²) in [5, 5.41) is 8.83. The fraction of sp³-hybridized carbons (Fsp3) is 0.0714. The van der Waals surface area contributed by atoms with E-state index in [4.69, 9.17) is 11.0 Å². The van der Waals surface area contributed by atoms with Gasteiger partial charge in [-0.1, -0.05) is 24.3 Å². The molecule has 0 atom stereocenters. The van der Waals surface area contributed by atoms with Crippen molar-refractivity contribution < 1.29 is 0 Å². The van der Waals surface area contributed by atoms with Crippen molar-refractivity contribution in [3.05, 3.63) is 53.6 Å². The monoisotopic (exact) mass is 208 g/mol. The number of aryl methyl sites for hydroxylation is 1. The standard InChI is InChI=1S/C14H12N2/c1-10-5-6-13(8-14(10)16)12-4-2-3-11(7-12)9-15/h2-8H,16H2,1H3. The van der Waals surface area contributed by atoms with Crippen LogP contribution in [-0.4, -0.2) is 0 Å². The van der Waals surface area contributed by atoms with Gasteiger partial charge in [0.15, 0.2) is 0 Å². The molecule has 2 nitrogen and oxygen atoms in total. The molecule has 0 heterocycles. The molecule has 16 heavy (non-hydrogen) atoms. The van der Waals surface area contributed by atoms with E-state index < -0.39 is 0 Å². The average Bonchev–Trinajstić information content (AvgIpc) is 2.33. The fourth-order valence-electron chi connectivity index (χ4n) is 1.59. The van der Waals surface area contributed by atoms with Gasteiger partial charge < -0.3 is 5.73 Å². The van der Waals surface area contributed by atoms with Gasteiger partial charge in [0.25, 0.3) is 0 Å². The zero-order valence-electron chi connectivity index (χ0n) is 9.07. The predicted molar refractivity (Wildman–Crippen MR) is 65.7 cm³/mol. The molecule has 0 aliphatic rings. The minimum Gasteiger partial charge on any atom is -0.398 e. The van der Waals surface area contributed by atoms with Crippen LogP contribution in [-0.2, 0) is 0 Å². The Labute approximate surface area is 95.0 Å². The van der Waals surface area contributed by atoms with Crippen LogP contribution in [0.4, 0.5) is 5.69 Å². The first-order valence-corrected chi connectivity index (χ1v) is 5.07. The lowest BCUT2D eigenvalue weighted by atomic mass is 10.0. The third-order valence-electron chi connectivity index (χ3n) is 2.60. The quantitative estimate of drug-likeness (QED) is 0.732. The van der Waals surface area contributed by atoms with Gasteiger partial charge in [0, 0.05) is 5.69 Å². The van der Waals surface area contributed by atoms with Crippen LogP contribution in [0.5, 0.6) is 0 Å². The second-order valence-electron chi connectivity index (χ2n) is 3.76. The highest BCUT2D eigenvalue weighted by Crippen LogP contribution is 2.24. The molecule has 0 spiro atoms. The van der Waals surface area contributed by atoms with Crippen molar-refractivity contribution in [1.82, 2.24) is 0 Å². The Morgan fingerprint density at radius 3 is 2.50 bits per heavy atom. The van der Waals surface area contributed by atoms with E-state index in [0.717, 1.165) is 22.4 Å². The minimum atomic E-state index is 0.664. The van der Waals surface area contributed by atoms with Gasteiger partial charge in [-0.25, -0.2) is 0 Å². The molecular formula is C14H12N2. The summed E-state index contributed by atoms with van der Waals surface area (Å²) < 4.78 is 0. The lowest BCUT2D eigenvalue weighted by Crippen LogP contribution is -1.90. The molecule has 78 valence electrons. The first-order valence-electron chi connectivity index (χ1n) is 5.07. The van der Waals surface area contributed by atoms with Gasteiger partial charge in [-0.05, 0) is 41.8 Å². The van der Waals surface area contributed by atoms with Crippen molar-refractivity contribution in [2.45, 2.75) is 6.92 Å². The van der Waals surface area contributed by atoms with E-state index in [9.17, 15) is 0 Å². The van der Waals surface area contributed by atoms with Crippen LogP contribution in [0.3, 0.4) is 0 Å². The third kappa shape index (κ3) is 1.89. The third-order valence-corrected chi connectivity index (χ3v) is 2.60. The summed E-state index contributed by atoms with van der Waals surface area (Å²) in [4.78, 5) is 0. The zero-order chi connectivity index (χ0) is 11.5. The van der Waals surface area contributed by atoms with Gasteiger partial charge in [-0.3, -0.25) is 0 Å². The highest BCUT2D eigenvalue weighted by atomic mass is 14.5. The van der Waals surface area contributed by atoms with Crippen molar-refractivity contribution in [2.24, 2.45) is 0 Å². The Hall–Kier alpha value is -2.27. The first kappa shape index (κ1) is 10.3. The molecule has 0 unspecified atom stereocenters. The molecule has 2 heteroatoms. The van der Waals surface area contributed by atoms with Crippen molar-refractivity contribution >= 4 is 5.69 Å². The van der Waals surface area contributed by atoms with E-state index >= 15 is 0 Å². The van der Waals surface area contributed by atoms with Crippen LogP contribution in [0, 0.1) is 18.3 Å². The van der Waals surface area contributed by atoms with E-state index in [2.05, 4.69) is 6.07 Å². The Morgan fingerprint density at radius 1 is 1.06 bits per heavy atom. The Morgan fingerprint density at radius 2 is 1.81 bits per heavy atom. The van der Waals surface area contributed by atoms with Crippen molar-refractivity contribution in [2.75, 3.05) is 5.73 Å². The number of rotatable bonds is 1. The predicted octanol–water partition coefficient (Wildman–Crippen LogP) is 3.12. The maximum atomic E-state index is 8.83. The number of anilines is 1. The summed E-state index contributed by atoms with van der Waals surface area (Å²) in [7, 11) is 0. The maximum absolute atomic E-state index is 8.83. The lowest BCUT2D eigenvalue weighted by Gasteiger charge is -2.05. The van der Waals surface area contributed by atoms with Crippen molar-refractivity contribution in [3.63, 3.8) is 0 Å². The van der Waals surface area contributed by atoms with Crippen LogP contribution < -0.4 is 5.73 Å². The molecule has 0 aliphatic heterocycles. The SMILES string of the molecule is Cc1ccc(-c2cccc(C#N)c2)cc1N. The minimum absolute atomic E-state index is 0.664. The Kier molecular flexibility index (Phi) is 2.61. The normalized spacial score (nSPS) is 9.75. The Bertz CT molecular complexity index is 565. The number of nitrogens with two attached hydrogens (primary N) is 1. The average molecular weight is 208 g/mol. The molecule has 0 aromatic heterocycles. The first-order chi connectivity index (χ1) is 7.70. The van der Waals surface area contributed by atoms with E-state index in [1.165, 1.54) is 0 Å². The summed E-state index contributed by atoms with van der Waals surface area (Å²) in [5.41, 5.74) is 10.4. The lowest BCUT2D eigenvalue weighted by molar-refractivity contribution is 1.46. The topological polar surface area (TPSA) is 49.8 Å².